The van der Waals surface area contributed by atoms with Crippen molar-refractivity contribution < 1.29 is 152 Å². The van der Waals surface area contributed by atoms with Crippen molar-refractivity contribution in [3.8, 4) is 12.1 Å². The Balaban J connectivity index is 0.000000175. The summed E-state index contributed by atoms with van der Waals surface area (Å²) in [4.78, 5) is 39.6. The van der Waals surface area contributed by atoms with Gasteiger partial charge in [-0.2, -0.15) is 20.7 Å². The molecule has 2 aromatic heterocycles. The third-order valence-corrected chi connectivity index (χ3v) is 23.3. The van der Waals surface area contributed by atoms with Crippen molar-refractivity contribution in [1.29, 1.82) is 10.5 Å². The second-order valence-corrected chi connectivity index (χ2v) is 28.0. The summed E-state index contributed by atoms with van der Waals surface area (Å²) in [6, 6.07) is 4.35. The number of rotatable bonds is 8. The molecule has 0 radical (unpaired) electrons. The zero-order valence-electron chi connectivity index (χ0n) is 49.5. The van der Waals surface area contributed by atoms with Gasteiger partial charge in [-0.3, -0.25) is 19.4 Å². The molecule has 2 aromatic rings. The molecule has 10 aliphatic carbocycles. The van der Waals surface area contributed by atoms with Gasteiger partial charge >= 0.3 is 109 Å². The molecule has 3 N–H and O–H groups in total. The Labute approximate surface area is 567 Å². The summed E-state index contributed by atoms with van der Waals surface area (Å²) in [5.41, 5.74) is -0.395. The number of ketones is 2. The molecule has 1 saturated heterocycles. The van der Waals surface area contributed by atoms with E-state index in [0.717, 1.165) is 108 Å². The van der Waals surface area contributed by atoms with Gasteiger partial charge in [0.05, 0.1) is 51.8 Å². The van der Waals surface area contributed by atoms with Crippen LogP contribution in [0.25, 0.3) is 0 Å². The third-order valence-electron chi connectivity index (χ3n) is 22.8. The van der Waals surface area contributed by atoms with E-state index in [9.17, 15) is 35.1 Å². The minimum Gasteiger partial charge on any atom is -1.00 e. The molecular weight excluding hydrogens is 1140 g/mol. The van der Waals surface area contributed by atoms with Crippen LogP contribution in [0.3, 0.4) is 0 Å². The van der Waals surface area contributed by atoms with Crippen LogP contribution >= 0.6 is 15.9 Å². The van der Waals surface area contributed by atoms with Crippen LogP contribution in [0, 0.1) is 92.7 Å². The predicted molar refractivity (Wildman–Crippen MR) is 287 cm³/mol. The summed E-state index contributed by atoms with van der Waals surface area (Å²) in [5, 5.41) is 60.2. The minimum atomic E-state index is -1.14. The first-order chi connectivity index (χ1) is 37.1. The van der Waals surface area contributed by atoms with Crippen LogP contribution in [0.4, 0.5) is 8.78 Å². The molecule has 11 aliphatic rings. The molecule has 19 heteroatoms. The Morgan fingerprint density at radius 2 is 1.26 bits per heavy atom. The number of halogens is 3. The minimum absolute atomic E-state index is 0. The summed E-state index contributed by atoms with van der Waals surface area (Å²) in [6.07, 6.45) is 23.8. The van der Waals surface area contributed by atoms with E-state index in [4.69, 9.17) is 10.00 Å². The van der Waals surface area contributed by atoms with Gasteiger partial charge in [0.25, 0.3) is 0 Å². The molecule has 13 rings (SSSR count). The van der Waals surface area contributed by atoms with E-state index in [-0.39, 0.29) is 163 Å². The normalized spacial score (nSPS) is 41.7. The van der Waals surface area contributed by atoms with Crippen molar-refractivity contribution in [3.05, 3.63) is 34.9 Å². The summed E-state index contributed by atoms with van der Waals surface area (Å²) in [6.45, 7) is 9.16. The number of nitriles is 2. The number of aliphatic hydroxyl groups is 2. The summed E-state index contributed by atoms with van der Waals surface area (Å²) in [7, 11) is 0. The SMILES string of the molecule is C[C@@]1(O)CC[C@@]2(F)[C@H](CC[C@H]3[C@@H]4CC[C@H](C(=O)CBr)[C@@]4(C)CC[C@@H]32)C1.C[C@@]1(O)CC[C@@]2(F)[C@H](CC[C@H]3[C@@H]4CC[C@H](C(=O)Cn5cc(C#N)c(C6CC6)n5)[C@@]4(C)CC[C@@H]32)C1.N#Cc1cn[nH]c1C1CC1.O=C(O[O-])C1CCCO1.[H-].[K+].[K+]. The molecule has 80 heavy (non-hydrogen) atoms. The van der Waals surface area contributed by atoms with E-state index in [1.54, 1.807) is 17.1 Å². The molecule has 0 aromatic carbocycles. The molecule has 0 bridgehead atoms. The van der Waals surface area contributed by atoms with Crippen molar-refractivity contribution in [2.75, 3.05) is 11.9 Å². The van der Waals surface area contributed by atoms with E-state index < -0.39 is 34.6 Å². The largest absolute Gasteiger partial charge is 1.00 e. The first kappa shape index (κ1) is 65.6. The molecule has 0 spiro atoms. The predicted octanol–water partition coefficient (Wildman–Crippen LogP) is 4.64. The Kier molecular flexibility index (Phi) is 21.5. The van der Waals surface area contributed by atoms with E-state index in [1.807, 2.05) is 13.8 Å². The van der Waals surface area contributed by atoms with Gasteiger partial charge in [0.1, 0.15) is 29.3 Å². The molecule has 14 nitrogen and oxygen atoms in total. The monoisotopic (exact) mass is 1220 g/mol. The van der Waals surface area contributed by atoms with E-state index in [0.29, 0.717) is 109 Å². The van der Waals surface area contributed by atoms with Crippen molar-refractivity contribution in [1.82, 2.24) is 20.0 Å². The van der Waals surface area contributed by atoms with Crippen LogP contribution in [-0.2, 0) is 30.6 Å². The molecule has 3 heterocycles. The van der Waals surface area contributed by atoms with Crippen molar-refractivity contribution in [2.24, 2.45) is 70.0 Å². The van der Waals surface area contributed by atoms with Gasteiger partial charge in [0.2, 0.25) is 0 Å². The molecule has 1 aliphatic heterocycles. The Hall–Kier alpha value is -0.337. The van der Waals surface area contributed by atoms with Gasteiger partial charge in [-0.1, -0.05) is 29.8 Å². The van der Waals surface area contributed by atoms with Gasteiger partial charge in [-0.25, -0.2) is 13.6 Å². The first-order valence-electron chi connectivity index (χ1n) is 29.9. The van der Waals surface area contributed by atoms with Crippen LogP contribution in [0.2, 0.25) is 0 Å². The Morgan fingerprint density at radius 1 is 0.738 bits per heavy atom. The molecule has 17 atom stereocenters. The second kappa shape index (κ2) is 26.2. The number of aromatic amines is 1. The Bertz CT molecular complexity index is 2640. The van der Waals surface area contributed by atoms with Gasteiger partial charge in [0.15, 0.2) is 11.9 Å². The van der Waals surface area contributed by atoms with E-state index in [1.165, 1.54) is 12.8 Å². The van der Waals surface area contributed by atoms with Gasteiger partial charge in [-0.05, 0) is 226 Å². The third kappa shape index (κ3) is 13.1. The molecule has 10 saturated carbocycles. The zero-order chi connectivity index (χ0) is 55.6. The second-order valence-electron chi connectivity index (χ2n) is 27.5. The molecule has 430 valence electrons. The molecular formula is C61H85BrF2K2N6O8. The van der Waals surface area contributed by atoms with E-state index in [2.05, 4.69) is 62.1 Å². The maximum atomic E-state index is 16.5. The average molecular weight is 1230 g/mol. The number of ether oxygens (including phenoxy) is 1. The number of carbonyl (C=O) groups excluding carboxylic acids is 3. The fraction of sp³-hybridized carbons (Fsp3) is 0.820. The first-order valence-corrected chi connectivity index (χ1v) is 31.0. The smallest absolute Gasteiger partial charge is 1.00 e. The standard InChI is InChI=1S/C28H38FN3O2.C21H32BrFO2.C7H7N3.C5H8O4.2K.H/c1-26(34)11-12-28(29)19(13-26)5-6-20-21-7-8-23(27(21,2)10-9-22(20)28)24(33)16-32-15-18(14-30)25(31-32)17-3-4-17;1-19(25)9-10-21(23)13(11-19)3-4-14-15-5-6-17(18(24)12-22)20(15,2)8-7-16(14)21;8-3-6-4-9-10-7(6)5-1-2-5;6-5(9-7)4-2-1-3-8-4;;;/h15,17,19-23,34H,3-13,16H2,1-2H3;13-17,25H,3-12H2,1-2H3;4-5H,1-2H2,(H,9,10);4,7H,1-3H2;;;/q;;;;2*+1;-1/p-1/t19-,20+,21+,22+,23-,26-,27+,28-;13-,14+,15+,16+,17-,19-,20+,21-;;;;;/m11...../s1. The van der Waals surface area contributed by atoms with Crippen LogP contribution in [0.5, 0.6) is 0 Å². The van der Waals surface area contributed by atoms with Crippen molar-refractivity contribution in [2.45, 2.75) is 229 Å². The van der Waals surface area contributed by atoms with Crippen LogP contribution in [0.15, 0.2) is 12.4 Å². The van der Waals surface area contributed by atoms with Crippen LogP contribution in [-0.4, -0.2) is 88.3 Å². The Morgan fingerprint density at radius 3 is 1.73 bits per heavy atom. The summed E-state index contributed by atoms with van der Waals surface area (Å²) in [5.74, 6) is 2.89. The number of fused-ring (bicyclic) bond motifs is 10. The number of hydrogen-bond acceptors (Lipinski definition) is 12. The summed E-state index contributed by atoms with van der Waals surface area (Å²) < 4.78 is 39.3. The number of aromatic nitrogens is 4. The average Bonchev–Trinajstić information content (AvgIpc) is 3.92. The number of nitrogens with zero attached hydrogens (tertiary/aromatic N) is 5. The topological polar surface area (TPSA) is 227 Å². The molecule has 11 fully saturated rings. The number of H-pyrrole nitrogens is 1. The van der Waals surface area contributed by atoms with Gasteiger partial charge in [0, 0.05) is 36.5 Å². The van der Waals surface area contributed by atoms with Crippen LogP contribution in [0.1, 0.15) is 218 Å². The number of alkyl halides is 3. The number of hydrogen-bond donors (Lipinski definition) is 3. The zero-order valence-corrected chi connectivity index (χ0v) is 56.3. The number of carbonyl (C=O) groups is 3. The fourth-order valence-corrected chi connectivity index (χ4v) is 18.9. The fourth-order valence-electron chi connectivity index (χ4n) is 18.5. The molecule has 0 amide bonds. The van der Waals surface area contributed by atoms with Crippen molar-refractivity contribution in [3.63, 3.8) is 0 Å². The van der Waals surface area contributed by atoms with Crippen LogP contribution < -0.4 is 108 Å². The van der Waals surface area contributed by atoms with E-state index >= 15 is 8.78 Å². The summed E-state index contributed by atoms with van der Waals surface area (Å²) >= 11 is 3.37. The van der Waals surface area contributed by atoms with Gasteiger partial charge in [-0.15, -0.1) is 0 Å². The van der Waals surface area contributed by atoms with Crippen molar-refractivity contribution >= 4 is 33.5 Å². The van der Waals surface area contributed by atoms with Gasteiger partial charge < -0.3 is 26.5 Å². The maximum absolute atomic E-state index is 16.5. The number of nitrogens with one attached hydrogen (secondary N) is 1. The molecule has 1 unspecified atom stereocenters. The maximum Gasteiger partial charge on any atom is 1.00 e. The quantitative estimate of drug-likeness (QED) is 0.142. The number of Topliss-reactive ketones (excluding diaryl/α,β-unsaturated/α-hetero) is 2.